The molecule has 1 aliphatic rings. The summed E-state index contributed by atoms with van der Waals surface area (Å²) in [5.41, 5.74) is 1.22. The Morgan fingerprint density at radius 2 is 2.05 bits per heavy atom. The van der Waals surface area contributed by atoms with Crippen LogP contribution in [-0.4, -0.2) is 28.0 Å². The number of aromatic nitrogens is 3. The second-order valence-electron chi connectivity index (χ2n) is 4.91. The molecule has 0 bridgehead atoms. The van der Waals surface area contributed by atoms with Crippen LogP contribution in [0.2, 0.25) is 0 Å². The van der Waals surface area contributed by atoms with Gasteiger partial charge in [-0.15, -0.1) is 11.8 Å². The molecule has 0 N–H and O–H groups in total. The lowest BCUT2D eigenvalue weighted by Gasteiger charge is -2.27. The highest BCUT2D eigenvalue weighted by atomic mass is 32.2. The van der Waals surface area contributed by atoms with Gasteiger partial charge in [-0.05, 0) is 30.9 Å². The third-order valence-electron chi connectivity index (χ3n) is 3.42. The minimum Gasteiger partial charge on any atom is -0.356 e. The van der Waals surface area contributed by atoms with E-state index in [1.165, 1.54) is 24.8 Å². The molecule has 1 aliphatic heterocycles. The summed E-state index contributed by atoms with van der Waals surface area (Å²) in [6, 6.07) is 6.16. The number of nitrogens with zero attached hydrogens (tertiary/aromatic N) is 4. The van der Waals surface area contributed by atoms with Gasteiger partial charge in [-0.1, -0.05) is 6.07 Å². The van der Waals surface area contributed by atoms with E-state index < -0.39 is 0 Å². The summed E-state index contributed by atoms with van der Waals surface area (Å²) in [5.74, 6) is 1.96. The number of hydrogen-bond acceptors (Lipinski definition) is 5. The largest absolute Gasteiger partial charge is 0.356 e. The highest BCUT2D eigenvalue weighted by molar-refractivity contribution is 7.98. The van der Waals surface area contributed by atoms with Crippen LogP contribution in [0.1, 0.15) is 24.8 Å². The first-order chi connectivity index (χ1) is 9.92. The van der Waals surface area contributed by atoms with Crippen molar-refractivity contribution in [1.29, 1.82) is 0 Å². The van der Waals surface area contributed by atoms with Crippen LogP contribution in [0.5, 0.6) is 0 Å². The molecule has 3 heterocycles. The van der Waals surface area contributed by atoms with Crippen LogP contribution in [0.15, 0.2) is 41.9 Å². The zero-order chi connectivity index (χ0) is 13.6. The molecule has 1 saturated heterocycles. The molecular formula is C15H18N4S. The van der Waals surface area contributed by atoms with Gasteiger partial charge in [0.05, 0.1) is 0 Å². The molecule has 0 radical (unpaired) electrons. The number of hydrogen-bond donors (Lipinski definition) is 0. The summed E-state index contributed by atoms with van der Waals surface area (Å²) >= 11 is 1.73. The van der Waals surface area contributed by atoms with Crippen molar-refractivity contribution in [2.45, 2.75) is 30.0 Å². The van der Waals surface area contributed by atoms with Gasteiger partial charge >= 0.3 is 0 Å². The Morgan fingerprint density at radius 3 is 2.85 bits per heavy atom. The maximum Gasteiger partial charge on any atom is 0.133 e. The van der Waals surface area contributed by atoms with E-state index in [-0.39, 0.29) is 0 Å². The van der Waals surface area contributed by atoms with Gasteiger partial charge in [0.2, 0.25) is 0 Å². The minimum absolute atomic E-state index is 0.893. The van der Waals surface area contributed by atoms with Crippen LogP contribution in [-0.2, 0) is 5.75 Å². The van der Waals surface area contributed by atoms with Crippen molar-refractivity contribution in [3.8, 4) is 0 Å². The van der Waals surface area contributed by atoms with Gasteiger partial charge < -0.3 is 4.90 Å². The Labute approximate surface area is 123 Å². The standard InChI is InChI=1S/C15H18N4S/c1-2-7-19(8-3-1)14-9-15(18-12-17-14)20-11-13-5-4-6-16-10-13/h4-6,9-10,12H,1-3,7-8,11H2. The van der Waals surface area contributed by atoms with Gasteiger partial charge in [-0.2, -0.15) is 0 Å². The molecule has 2 aromatic heterocycles. The van der Waals surface area contributed by atoms with Crippen molar-refractivity contribution in [2.75, 3.05) is 18.0 Å². The number of piperidine rings is 1. The molecule has 0 aromatic carbocycles. The molecule has 4 nitrogen and oxygen atoms in total. The van der Waals surface area contributed by atoms with Crippen molar-refractivity contribution in [3.63, 3.8) is 0 Å². The molecule has 0 saturated carbocycles. The van der Waals surface area contributed by atoms with Crippen molar-refractivity contribution in [2.24, 2.45) is 0 Å². The summed E-state index contributed by atoms with van der Waals surface area (Å²) in [6.45, 7) is 2.23. The molecule has 0 spiro atoms. The third kappa shape index (κ3) is 3.48. The first-order valence-corrected chi connectivity index (χ1v) is 7.99. The Hall–Kier alpha value is -1.62. The SMILES string of the molecule is c1cncc(CSc2cc(N3CCCCC3)ncn2)c1. The summed E-state index contributed by atoms with van der Waals surface area (Å²) in [4.78, 5) is 15.3. The molecule has 0 amide bonds. The average molecular weight is 286 g/mol. The molecule has 20 heavy (non-hydrogen) atoms. The van der Waals surface area contributed by atoms with E-state index >= 15 is 0 Å². The van der Waals surface area contributed by atoms with Gasteiger partial charge in [0, 0.05) is 37.3 Å². The molecule has 0 atom stereocenters. The Balaban J connectivity index is 1.65. The van der Waals surface area contributed by atoms with Crippen LogP contribution in [0.3, 0.4) is 0 Å². The Morgan fingerprint density at radius 1 is 1.15 bits per heavy atom. The lowest BCUT2D eigenvalue weighted by molar-refractivity contribution is 0.572. The maximum atomic E-state index is 4.41. The fourth-order valence-electron chi connectivity index (χ4n) is 2.35. The van der Waals surface area contributed by atoms with Gasteiger partial charge in [0.15, 0.2) is 0 Å². The van der Waals surface area contributed by atoms with Crippen LogP contribution in [0.4, 0.5) is 5.82 Å². The summed E-state index contributed by atoms with van der Waals surface area (Å²) in [5, 5.41) is 1.03. The van der Waals surface area contributed by atoms with Crippen LogP contribution in [0, 0.1) is 0 Å². The number of rotatable bonds is 4. The normalized spacial score (nSPS) is 15.3. The van der Waals surface area contributed by atoms with E-state index in [2.05, 4.69) is 32.0 Å². The summed E-state index contributed by atoms with van der Waals surface area (Å²) in [6.07, 6.45) is 9.25. The van der Waals surface area contributed by atoms with Gasteiger partial charge in [-0.3, -0.25) is 4.98 Å². The molecule has 0 aliphatic carbocycles. The third-order valence-corrected chi connectivity index (χ3v) is 4.41. The second-order valence-corrected chi connectivity index (χ2v) is 5.91. The maximum absolute atomic E-state index is 4.41. The number of pyridine rings is 1. The van der Waals surface area contributed by atoms with E-state index in [1.807, 2.05) is 12.3 Å². The fraction of sp³-hybridized carbons (Fsp3) is 0.400. The molecule has 5 heteroatoms. The lowest BCUT2D eigenvalue weighted by Crippen LogP contribution is -2.30. The zero-order valence-electron chi connectivity index (χ0n) is 11.4. The monoisotopic (exact) mass is 286 g/mol. The lowest BCUT2D eigenvalue weighted by atomic mass is 10.1. The smallest absolute Gasteiger partial charge is 0.133 e. The van der Waals surface area contributed by atoms with Gasteiger partial charge in [0.25, 0.3) is 0 Å². The Kier molecular flexibility index (Phi) is 4.48. The van der Waals surface area contributed by atoms with E-state index in [9.17, 15) is 0 Å². The molecule has 2 aromatic rings. The number of anilines is 1. The van der Waals surface area contributed by atoms with Crippen molar-refractivity contribution >= 4 is 17.6 Å². The van der Waals surface area contributed by atoms with Gasteiger partial charge in [0.1, 0.15) is 17.2 Å². The first-order valence-electron chi connectivity index (χ1n) is 7.00. The highest BCUT2D eigenvalue weighted by Crippen LogP contribution is 2.24. The van der Waals surface area contributed by atoms with Crippen molar-refractivity contribution in [3.05, 3.63) is 42.5 Å². The molecule has 3 rings (SSSR count). The quantitative estimate of drug-likeness (QED) is 0.638. The topological polar surface area (TPSA) is 41.9 Å². The summed E-state index contributed by atoms with van der Waals surface area (Å²) in [7, 11) is 0. The summed E-state index contributed by atoms with van der Waals surface area (Å²) < 4.78 is 0. The molecule has 104 valence electrons. The Bertz CT molecular complexity index is 541. The molecule has 0 unspecified atom stereocenters. The van der Waals surface area contributed by atoms with Gasteiger partial charge in [-0.25, -0.2) is 9.97 Å². The van der Waals surface area contributed by atoms with E-state index in [4.69, 9.17) is 0 Å². The van der Waals surface area contributed by atoms with Crippen LogP contribution in [0.25, 0.3) is 0 Å². The second kappa shape index (κ2) is 6.70. The highest BCUT2D eigenvalue weighted by Gasteiger charge is 2.12. The van der Waals surface area contributed by atoms with E-state index in [1.54, 1.807) is 24.3 Å². The van der Waals surface area contributed by atoms with Crippen molar-refractivity contribution in [1.82, 2.24) is 15.0 Å². The molecule has 1 fully saturated rings. The minimum atomic E-state index is 0.893. The average Bonchev–Trinajstić information content (AvgIpc) is 2.55. The van der Waals surface area contributed by atoms with Crippen LogP contribution < -0.4 is 4.90 Å². The predicted octanol–water partition coefficient (Wildman–Crippen LogP) is 3.15. The predicted molar refractivity (Wildman–Crippen MR) is 81.9 cm³/mol. The zero-order valence-corrected chi connectivity index (χ0v) is 12.2. The van der Waals surface area contributed by atoms with E-state index in [0.29, 0.717) is 0 Å². The first kappa shape index (κ1) is 13.4. The molecular weight excluding hydrogens is 268 g/mol. The van der Waals surface area contributed by atoms with Crippen molar-refractivity contribution < 1.29 is 0 Å². The van der Waals surface area contributed by atoms with Crippen LogP contribution >= 0.6 is 11.8 Å². The number of thioether (sulfide) groups is 1. The fourth-order valence-corrected chi connectivity index (χ4v) is 3.14. The van der Waals surface area contributed by atoms with E-state index in [0.717, 1.165) is 29.7 Å².